The topological polar surface area (TPSA) is 0 Å². The van der Waals surface area contributed by atoms with Crippen molar-refractivity contribution >= 4 is 71.1 Å². The summed E-state index contributed by atoms with van der Waals surface area (Å²) in [5.74, 6) is 0. The summed E-state index contributed by atoms with van der Waals surface area (Å²) >= 11 is 0. The van der Waals surface area contributed by atoms with Gasteiger partial charge in [0, 0.05) is 19.5 Å². The first-order valence-corrected chi connectivity index (χ1v) is 0. The van der Waals surface area contributed by atoms with Crippen LogP contribution in [0.1, 0.15) is 0 Å². The van der Waals surface area contributed by atoms with Crippen LogP contribution in [0.3, 0.4) is 0 Å². The van der Waals surface area contributed by atoms with Crippen molar-refractivity contribution in [2.24, 2.45) is 0 Å². The number of rotatable bonds is 0. The van der Waals surface area contributed by atoms with E-state index in [0.717, 1.165) is 0 Å². The molecule has 0 aliphatic rings. The monoisotopic (exact) mass is 470 g/mol. The molecule has 4 heteroatoms. The molecule has 0 aromatic heterocycles. The second-order valence-electron chi connectivity index (χ2n) is 0. The quantitative estimate of drug-likeness (QED) is 0.326. The van der Waals surface area contributed by atoms with E-state index in [0.29, 0.717) is 0 Å². The minimum absolute atomic E-state index is 0. The second-order valence-corrected chi connectivity index (χ2v) is 0. The van der Waals surface area contributed by atoms with Gasteiger partial charge in [-0.1, -0.05) is 0 Å². The zero-order chi connectivity index (χ0) is 0. The Hall–Kier alpha value is 2.97. The Labute approximate surface area is 88.9 Å². The molecule has 2 radical (unpaired) electrons. The third-order valence-electron chi connectivity index (χ3n) is 0. The molecule has 0 saturated carbocycles. The average molecular weight is 470 g/mol. The van der Waals surface area contributed by atoms with Gasteiger partial charge in [-0.25, -0.2) is 0 Å². The molecule has 0 fully saturated rings. The maximum Gasteiger partial charge on any atom is 0 e. The van der Waals surface area contributed by atoms with Crippen molar-refractivity contribution in [2.45, 2.75) is 0 Å². The molecule has 0 aliphatic carbocycles. The fourth-order valence-corrected chi connectivity index (χ4v) is 0. The van der Waals surface area contributed by atoms with Gasteiger partial charge in [-0.05, 0) is 0 Å². The SMILES string of the molecule is [AsH3].[InH3].[PbH2].[Zn]. The fraction of sp³-hybridized carbons (Fsp3) is 0. The Balaban J connectivity index is 0. The van der Waals surface area contributed by atoms with E-state index in [4.69, 9.17) is 0 Å². The van der Waals surface area contributed by atoms with Gasteiger partial charge < -0.3 is 0 Å². The van der Waals surface area contributed by atoms with Crippen LogP contribution in [0.5, 0.6) is 0 Å². The van der Waals surface area contributed by atoms with Crippen molar-refractivity contribution in [3.8, 4) is 0 Å². The first-order valence-electron chi connectivity index (χ1n) is 0. The summed E-state index contributed by atoms with van der Waals surface area (Å²) in [7, 11) is 0. The molecule has 0 nitrogen and oxygen atoms in total. The van der Waals surface area contributed by atoms with Crippen LogP contribution in [0.15, 0.2) is 0 Å². The van der Waals surface area contributed by atoms with Crippen LogP contribution in [-0.4, -0.2) is 71.1 Å². The van der Waals surface area contributed by atoms with E-state index < -0.39 is 0 Å². The predicted octanol–water partition coefficient (Wildman–Crippen LogP) is -3.29. The van der Waals surface area contributed by atoms with Crippen LogP contribution in [0.25, 0.3) is 0 Å². The van der Waals surface area contributed by atoms with Gasteiger partial charge in [-0.15, -0.1) is 0 Å². The molecule has 1 unspecified atom stereocenters. The third-order valence-corrected chi connectivity index (χ3v) is 0. The summed E-state index contributed by atoms with van der Waals surface area (Å²) in [5, 5.41) is 0. The molecule has 0 aromatic rings. The largest absolute Gasteiger partial charge is 0 e. The zero-order valence-corrected chi connectivity index (χ0v) is 13.6. The molecule has 0 bridgehead atoms. The summed E-state index contributed by atoms with van der Waals surface area (Å²) < 4.78 is 0. The van der Waals surface area contributed by atoms with Crippen LogP contribution < -0.4 is 0 Å². The first kappa shape index (κ1) is 28.1. The van der Waals surface area contributed by atoms with E-state index in [2.05, 4.69) is 0 Å². The van der Waals surface area contributed by atoms with E-state index in [1.165, 1.54) is 0 Å². The van der Waals surface area contributed by atoms with Gasteiger partial charge >= 0.3 is 71.1 Å². The normalized spacial score (nSPS) is 0. The molecular weight excluding hydrogens is 462 g/mol. The summed E-state index contributed by atoms with van der Waals surface area (Å²) in [4.78, 5) is 0. The van der Waals surface area contributed by atoms with Gasteiger partial charge in [0.2, 0.25) is 0 Å². The Morgan fingerprint density at radius 1 is 1.00 bits per heavy atom. The molecule has 0 saturated heterocycles. The Morgan fingerprint density at radius 2 is 1.00 bits per heavy atom. The maximum absolute atomic E-state index is 0. The van der Waals surface area contributed by atoms with Gasteiger partial charge in [0.1, 0.15) is 0 Å². The first-order chi connectivity index (χ1) is 0. The smallest absolute Gasteiger partial charge is 0 e. The van der Waals surface area contributed by atoms with Crippen LogP contribution in [-0.2, 0) is 19.5 Å². The molecule has 0 N–H and O–H groups in total. The molecule has 0 spiro atoms. The minimum Gasteiger partial charge on any atom is 0 e. The minimum atomic E-state index is 0. The Bertz CT molecular complexity index is 8.00. The van der Waals surface area contributed by atoms with Crippen LogP contribution in [0, 0.1) is 0 Å². The van der Waals surface area contributed by atoms with Crippen molar-refractivity contribution in [1.82, 2.24) is 0 Å². The van der Waals surface area contributed by atoms with E-state index in [9.17, 15) is 0 Å². The van der Waals surface area contributed by atoms with E-state index >= 15 is 0 Å². The summed E-state index contributed by atoms with van der Waals surface area (Å²) in [6.45, 7) is 0. The second kappa shape index (κ2) is 16.7. The fourth-order valence-electron chi connectivity index (χ4n) is 0. The Kier molecular flexibility index (Phi) is 118. The molecule has 0 rings (SSSR count). The summed E-state index contributed by atoms with van der Waals surface area (Å²) in [6.07, 6.45) is 0. The van der Waals surface area contributed by atoms with Crippen molar-refractivity contribution < 1.29 is 19.5 Å². The maximum atomic E-state index is 0. The average Bonchev–Trinajstić information content (AvgIpc) is 0. The van der Waals surface area contributed by atoms with Gasteiger partial charge in [0.25, 0.3) is 0 Å². The van der Waals surface area contributed by atoms with Crippen LogP contribution in [0.4, 0.5) is 0 Å². The van der Waals surface area contributed by atoms with Crippen molar-refractivity contribution in [3.63, 3.8) is 0 Å². The van der Waals surface area contributed by atoms with E-state index in [-0.39, 0.29) is 90.6 Å². The summed E-state index contributed by atoms with van der Waals surface area (Å²) in [5.41, 5.74) is 0. The zero-order valence-electron chi connectivity index (χ0n) is 2.12. The molecular formula is H8AsInPbZn. The van der Waals surface area contributed by atoms with Gasteiger partial charge in [0.05, 0.1) is 0 Å². The number of hydrogen-bond donors (Lipinski definition) is 0. The van der Waals surface area contributed by atoms with Crippen LogP contribution >= 0.6 is 0 Å². The van der Waals surface area contributed by atoms with E-state index in [1.807, 2.05) is 0 Å². The van der Waals surface area contributed by atoms with Crippen molar-refractivity contribution in [2.75, 3.05) is 0 Å². The molecule has 1 atom stereocenters. The van der Waals surface area contributed by atoms with Crippen molar-refractivity contribution in [1.29, 1.82) is 0 Å². The molecule has 22 valence electrons. The van der Waals surface area contributed by atoms with Gasteiger partial charge in [-0.3, -0.25) is 0 Å². The van der Waals surface area contributed by atoms with Gasteiger partial charge in [-0.2, -0.15) is 0 Å². The van der Waals surface area contributed by atoms with Crippen LogP contribution in [0.2, 0.25) is 0 Å². The molecule has 4 heavy (non-hydrogen) atoms. The predicted molar refractivity (Wildman–Crippen MR) is 28.4 cm³/mol. The standard InChI is InChI=1S/AsH3.In.Pb.Zn.5H/h1H3;;;;;;;;. The van der Waals surface area contributed by atoms with E-state index in [1.54, 1.807) is 0 Å². The molecule has 0 amide bonds. The third kappa shape index (κ3) is 8.88. The molecule has 0 aromatic carbocycles. The van der Waals surface area contributed by atoms with Crippen molar-refractivity contribution in [3.05, 3.63) is 0 Å². The molecule has 0 aliphatic heterocycles. The molecule has 0 heterocycles. The Morgan fingerprint density at radius 3 is 1.00 bits per heavy atom. The number of hydrogen-bond acceptors (Lipinski definition) is 0. The van der Waals surface area contributed by atoms with Gasteiger partial charge in [0.15, 0.2) is 0 Å². The summed E-state index contributed by atoms with van der Waals surface area (Å²) in [6, 6.07) is 0.